The molecule has 1 N–H and O–H groups in total. The van der Waals surface area contributed by atoms with Crippen LogP contribution in [0.2, 0.25) is 0 Å². The van der Waals surface area contributed by atoms with Crippen molar-refractivity contribution in [2.24, 2.45) is 0 Å². The molecule has 2 saturated heterocycles. The van der Waals surface area contributed by atoms with Crippen molar-refractivity contribution >= 4 is 16.8 Å². The molecular formula is C25H35N3O3. The Balaban J connectivity index is 1.21. The number of ether oxygens (including phenoxy) is 2. The van der Waals surface area contributed by atoms with Crippen LogP contribution in [-0.4, -0.2) is 78.3 Å². The predicted octanol–water partition coefficient (Wildman–Crippen LogP) is 3.82. The van der Waals surface area contributed by atoms with Gasteiger partial charge in [-0.05, 0) is 49.9 Å². The van der Waals surface area contributed by atoms with E-state index in [-0.39, 0.29) is 11.4 Å². The SMILES string of the molecule is COCCOC1CN(C2CCN(C(=O)c3ccc4[nH]ccc4c3)CC2)C12CCCCC2. The highest BCUT2D eigenvalue weighted by Crippen LogP contribution is 2.47. The van der Waals surface area contributed by atoms with Gasteiger partial charge < -0.3 is 19.4 Å². The lowest BCUT2D eigenvalue weighted by Crippen LogP contribution is -2.75. The van der Waals surface area contributed by atoms with Gasteiger partial charge in [0.1, 0.15) is 0 Å². The molecule has 1 spiro atoms. The number of fused-ring (bicyclic) bond motifs is 1. The second-order valence-electron chi connectivity index (χ2n) is 9.47. The standard InChI is InChI=1S/C25H35N3O3/c1-30-15-16-31-23-18-28(25(23)10-3-2-4-11-25)21-8-13-27(14-9-21)24(29)20-5-6-22-19(17-20)7-12-26-22/h5-7,12,17,21,23,26H,2-4,8-11,13-16,18H2,1H3. The highest BCUT2D eigenvalue weighted by molar-refractivity contribution is 5.98. The smallest absolute Gasteiger partial charge is 0.253 e. The normalized spacial score (nSPS) is 24.5. The van der Waals surface area contributed by atoms with E-state index in [0.717, 1.165) is 48.9 Å². The summed E-state index contributed by atoms with van der Waals surface area (Å²) < 4.78 is 11.4. The molecule has 1 unspecified atom stereocenters. The van der Waals surface area contributed by atoms with Gasteiger partial charge in [0.05, 0.1) is 19.3 Å². The summed E-state index contributed by atoms with van der Waals surface area (Å²) in [5.74, 6) is 0.165. The molecule has 2 aromatic rings. The fraction of sp³-hybridized carbons (Fsp3) is 0.640. The molecule has 168 valence electrons. The number of likely N-dealkylation sites (tertiary alicyclic amines) is 2. The second-order valence-corrected chi connectivity index (χ2v) is 9.47. The van der Waals surface area contributed by atoms with Crippen molar-refractivity contribution in [3.63, 3.8) is 0 Å². The molecule has 2 aliphatic heterocycles. The van der Waals surface area contributed by atoms with Crippen LogP contribution < -0.4 is 0 Å². The van der Waals surface area contributed by atoms with E-state index < -0.39 is 0 Å². The number of piperidine rings is 1. The fourth-order valence-electron chi connectivity index (χ4n) is 6.12. The number of nitrogens with zero attached hydrogens (tertiary/aromatic N) is 2. The summed E-state index contributed by atoms with van der Waals surface area (Å²) in [5.41, 5.74) is 2.10. The van der Waals surface area contributed by atoms with E-state index in [9.17, 15) is 4.79 Å². The number of H-pyrrole nitrogens is 1. The van der Waals surface area contributed by atoms with Crippen LogP contribution in [0.1, 0.15) is 55.3 Å². The first-order chi connectivity index (χ1) is 15.2. The maximum Gasteiger partial charge on any atom is 0.253 e. The zero-order valence-electron chi connectivity index (χ0n) is 18.6. The van der Waals surface area contributed by atoms with Gasteiger partial charge in [0, 0.05) is 61.0 Å². The minimum atomic E-state index is 0.165. The number of methoxy groups -OCH3 is 1. The third-order valence-corrected chi connectivity index (χ3v) is 7.85. The van der Waals surface area contributed by atoms with Crippen LogP contribution in [0, 0.1) is 0 Å². The Morgan fingerprint density at radius 3 is 2.71 bits per heavy atom. The predicted molar refractivity (Wildman–Crippen MR) is 121 cm³/mol. The van der Waals surface area contributed by atoms with Crippen molar-refractivity contribution in [2.75, 3.05) is 40.0 Å². The monoisotopic (exact) mass is 425 g/mol. The second kappa shape index (κ2) is 8.93. The van der Waals surface area contributed by atoms with Crippen LogP contribution >= 0.6 is 0 Å². The molecule has 31 heavy (non-hydrogen) atoms. The Labute approximate surface area is 184 Å². The number of carbonyl (C=O) groups is 1. The van der Waals surface area contributed by atoms with Crippen molar-refractivity contribution in [1.29, 1.82) is 0 Å². The van der Waals surface area contributed by atoms with Gasteiger partial charge in [-0.15, -0.1) is 0 Å². The van der Waals surface area contributed by atoms with Gasteiger partial charge in [-0.2, -0.15) is 0 Å². The molecule has 1 aromatic heterocycles. The van der Waals surface area contributed by atoms with Gasteiger partial charge >= 0.3 is 0 Å². The Morgan fingerprint density at radius 2 is 1.94 bits per heavy atom. The maximum atomic E-state index is 13.1. The number of nitrogens with one attached hydrogen (secondary N) is 1. The number of aromatic amines is 1. The molecule has 1 aliphatic carbocycles. The number of hydrogen-bond donors (Lipinski definition) is 1. The van der Waals surface area contributed by atoms with Crippen molar-refractivity contribution in [2.45, 2.75) is 62.6 Å². The lowest BCUT2D eigenvalue weighted by Gasteiger charge is -2.63. The van der Waals surface area contributed by atoms with Crippen molar-refractivity contribution in [3.05, 3.63) is 36.0 Å². The number of benzene rings is 1. The fourth-order valence-corrected chi connectivity index (χ4v) is 6.12. The van der Waals surface area contributed by atoms with Gasteiger partial charge in [0.15, 0.2) is 0 Å². The van der Waals surface area contributed by atoms with Gasteiger partial charge in [-0.3, -0.25) is 9.69 Å². The molecule has 3 fully saturated rings. The Hall–Kier alpha value is -1.89. The van der Waals surface area contributed by atoms with E-state index in [1.807, 2.05) is 35.4 Å². The highest BCUT2D eigenvalue weighted by Gasteiger charge is 2.56. The molecule has 3 heterocycles. The first-order valence-corrected chi connectivity index (χ1v) is 11.9. The molecule has 1 aromatic carbocycles. The summed E-state index contributed by atoms with van der Waals surface area (Å²) >= 11 is 0. The molecule has 6 heteroatoms. The summed E-state index contributed by atoms with van der Waals surface area (Å²) in [6, 6.07) is 8.55. The van der Waals surface area contributed by atoms with Crippen LogP contribution in [0.3, 0.4) is 0 Å². The summed E-state index contributed by atoms with van der Waals surface area (Å²) in [7, 11) is 1.73. The average molecular weight is 426 g/mol. The molecule has 3 aliphatic rings. The minimum Gasteiger partial charge on any atom is -0.382 e. The van der Waals surface area contributed by atoms with Crippen molar-refractivity contribution < 1.29 is 14.3 Å². The van der Waals surface area contributed by atoms with Crippen molar-refractivity contribution in [1.82, 2.24) is 14.8 Å². The molecular weight excluding hydrogens is 390 g/mol. The lowest BCUT2D eigenvalue weighted by atomic mass is 9.69. The first kappa shape index (κ1) is 21.0. The molecule has 1 atom stereocenters. The Bertz CT molecular complexity index is 896. The van der Waals surface area contributed by atoms with E-state index in [1.165, 1.54) is 32.1 Å². The number of aromatic nitrogens is 1. The number of hydrogen-bond acceptors (Lipinski definition) is 4. The third-order valence-electron chi connectivity index (χ3n) is 7.85. The van der Waals surface area contributed by atoms with Crippen LogP contribution in [-0.2, 0) is 9.47 Å². The minimum absolute atomic E-state index is 0.165. The lowest BCUT2D eigenvalue weighted by molar-refractivity contribution is -0.203. The molecule has 1 amide bonds. The number of carbonyl (C=O) groups excluding carboxylic acids is 1. The van der Waals surface area contributed by atoms with Gasteiger partial charge in [-0.25, -0.2) is 0 Å². The number of amides is 1. The molecule has 1 saturated carbocycles. The summed E-state index contributed by atoms with van der Waals surface area (Å²) in [4.78, 5) is 21.1. The average Bonchev–Trinajstić information content (AvgIpc) is 3.29. The van der Waals surface area contributed by atoms with E-state index in [0.29, 0.717) is 25.4 Å². The van der Waals surface area contributed by atoms with E-state index in [2.05, 4.69) is 9.88 Å². The van der Waals surface area contributed by atoms with Gasteiger partial charge in [-0.1, -0.05) is 19.3 Å². The number of rotatable bonds is 6. The maximum absolute atomic E-state index is 13.1. The third kappa shape index (κ3) is 3.90. The summed E-state index contributed by atoms with van der Waals surface area (Å²) in [6.45, 7) is 4.08. The quantitative estimate of drug-likeness (QED) is 0.715. The van der Waals surface area contributed by atoms with Crippen LogP contribution in [0.5, 0.6) is 0 Å². The van der Waals surface area contributed by atoms with Gasteiger partial charge in [0.2, 0.25) is 0 Å². The topological polar surface area (TPSA) is 57.8 Å². The van der Waals surface area contributed by atoms with Crippen LogP contribution in [0.4, 0.5) is 0 Å². The molecule has 6 nitrogen and oxygen atoms in total. The zero-order valence-corrected chi connectivity index (χ0v) is 18.6. The Kier molecular flexibility index (Phi) is 6.04. The van der Waals surface area contributed by atoms with E-state index in [1.54, 1.807) is 7.11 Å². The van der Waals surface area contributed by atoms with E-state index in [4.69, 9.17) is 9.47 Å². The van der Waals surface area contributed by atoms with Crippen LogP contribution in [0.15, 0.2) is 30.5 Å². The Morgan fingerprint density at radius 1 is 1.13 bits per heavy atom. The largest absolute Gasteiger partial charge is 0.382 e. The molecule has 0 bridgehead atoms. The van der Waals surface area contributed by atoms with Crippen LogP contribution in [0.25, 0.3) is 10.9 Å². The zero-order chi connectivity index (χ0) is 21.3. The molecule has 0 radical (unpaired) electrons. The first-order valence-electron chi connectivity index (χ1n) is 11.9. The van der Waals surface area contributed by atoms with Crippen molar-refractivity contribution in [3.8, 4) is 0 Å². The summed E-state index contributed by atoms with van der Waals surface area (Å²) in [6.07, 6.45) is 10.8. The highest BCUT2D eigenvalue weighted by atomic mass is 16.5. The summed E-state index contributed by atoms with van der Waals surface area (Å²) in [5, 5.41) is 1.10. The molecule has 5 rings (SSSR count). The van der Waals surface area contributed by atoms with Gasteiger partial charge in [0.25, 0.3) is 5.91 Å². The van der Waals surface area contributed by atoms with E-state index >= 15 is 0 Å².